The summed E-state index contributed by atoms with van der Waals surface area (Å²) in [7, 11) is 0. The molecule has 1 N–H and O–H groups in total. The Labute approximate surface area is 113 Å². The van der Waals surface area contributed by atoms with Crippen molar-refractivity contribution in [1.29, 1.82) is 0 Å². The SMILES string of the molecule is CC(C)C1C(CC(C)(C)C)OC(C(C)(C)C)C1O. The van der Waals surface area contributed by atoms with Crippen molar-refractivity contribution in [2.24, 2.45) is 22.7 Å². The third-order valence-corrected chi connectivity index (χ3v) is 3.89. The quantitative estimate of drug-likeness (QED) is 0.812. The zero-order chi connectivity index (χ0) is 14.3. The van der Waals surface area contributed by atoms with E-state index in [9.17, 15) is 5.11 Å². The van der Waals surface area contributed by atoms with Crippen LogP contribution in [0.3, 0.4) is 0 Å². The maximum Gasteiger partial charge on any atom is 0.0889 e. The minimum atomic E-state index is -0.336. The molecule has 0 amide bonds. The van der Waals surface area contributed by atoms with Crippen LogP contribution in [0.1, 0.15) is 61.8 Å². The van der Waals surface area contributed by atoms with Crippen molar-refractivity contribution in [3.63, 3.8) is 0 Å². The van der Waals surface area contributed by atoms with Gasteiger partial charge in [0.25, 0.3) is 0 Å². The van der Waals surface area contributed by atoms with E-state index in [0.29, 0.717) is 5.92 Å². The smallest absolute Gasteiger partial charge is 0.0889 e. The molecule has 4 atom stereocenters. The van der Waals surface area contributed by atoms with Gasteiger partial charge in [0.15, 0.2) is 0 Å². The number of ether oxygens (including phenoxy) is 1. The van der Waals surface area contributed by atoms with E-state index in [4.69, 9.17) is 4.74 Å². The lowest BCUT2D eigenvalue weighted by molar-refractivity contribution is -0.0595. The van der Waals surface area contributed by atoms with Crippen LogP contribution in [0.15, 0.2) is 0 Å². The fourth-order valence-corrected chi connectivity index (χ4v) is 3.11. The van der Waals surface area contributed by atoms with Gasteiger partial charge in [-0.25, -0.2) is 0 Å². The Morgan fingerprint density at radius 2 is 1.56 bits per heavy atom. The normalized spacial score (nSPS) is 34.3. The summed E-state index contributed by atoms with van der Waals surface area (Å²) in [5.41, 5.74) is 0.240. The molecule has 0 aliphatic carbocycles. The summed E-state index contributed by atoms with van der Waals surface area (Å²) in [6.07, 6.45) is 0.818. The van der Waals surface area contributed by atoms with E-state index in [1.54, 1.807) is 0 Å². The number of hydrogen-bond donors (Lipinski definition) is 1. The Balaban J connectivity index is 2.90. The van der Waals surface area contributed by atoms with E-state index in [1.165, 1.54) is 0 Å². The number of aliphatic hydroxyl groups is 1. The molecule has 108 valence electrons. The first kappa shape index (κ1) is 16.0. The molecule has 1 aliphatic rings. The van der Waals surface area contributed by atoms with Crippen LogP contribution in [0.2, 0.25) is 0 Å². The summed E-state index contributed by atoms with van der Waals surface area (Å²) < 4.78 is 6.24. The summed E-state index contributed by atoms with van der Waals surface area (Å²) in [4.78, 5) is 0. The van der Waals surface area contributed by atoms with Gasteiger partial charge in [-0.15, -0.1) is 0 Å². The highest BCUT2D eigenvalue weighted by Crippen LogP contribution is 2.43. The van der Waals surface area contributed by atoms with Crippen molar-refractivity contribution in [2.45, 2.75) is 80.1 Å². The summed E-state index contributed by atoms with van der Waals surface area (Å²) in [5, 5.41) is 10.6. The molecule has 0 aromatic heterocycles. The van der Waals surface area contributed by atoms with Crippen molar-refractivity contribution in [3.8, 4) is 0 Å². The summed E-state index contributed by atoms with van der Waals surface area (Å²) in [6.45, 7) is 17.6. The predicted molar refractivity (Wildman–Crippen MR) is 76.5 cm³/mol. The van der Waals surface area contributed by atoms with Crippen LogP contribution >= 0.6 is 0 Å². The lowest BCUT2D eigenvalue weighted by Gasteiger charge is -2.30. The van der Waals surface area contributed by atoms with Crippen LogP contribution in [0.25, 0.3) is 0 Å². The van der Waals surface area contributed by atoms with Gasteiger partial charge in [0, 0.05) is 5.92 Å². The molecule has 2 heteroatoms. The second-order valence-corrected chi connectivity index (χ2v) is 8.54. The van der Waals surface area contributed by atoms with Gasteiger partial charge in [-0.1, -0.05) is 55.4 Å². The first-order chi connectivity index (χ1) is 7.93. The lowest BCUT2D eigenvalue weighted by Crippen LogP contribution is -2.38. The van der Waals surface area contributed by atoms with E-state index >= 15 is 0 Å². The van der Waals surface area contributed by atoms with Gasteiger partial charge >= 0.3 is 0 Å². The van der Waals surface area contributed by atoms with Gasteiger partial charge in [-0.05, 0) is 23.2 Å². The minimum absolute atomic E-state index is 0.000803. The number of rotatable bonds is 2. The molecule has 0 bridgehead atoms. The number of aliphatic hydroxyl groups excluding tert-OH is 1. The molecule has 1 fully saturated rings. The minimum Gasteiger partial charge on any atom is -0.390 e. The Kier molecular flexibility index (Phi) is 4.55. The zero-order valence-corrected chi connectivity index (χ0v) is 13.4. The van der Waals surface area contributed by atoms with Gasteiger partial charge in [0.1, 0.15) is 0 Å². The van der Waals surface area contributed by atoms with E-state index in [2.05, 4.69) is 55.4 Å². The second kappa shape index (κ2) is 5.13. The summed E-state index contributed by atoms with van der Waals surface area (Å²) >= 11 is 0. The van der Waals surface area contributed by atoms with E-state index < -0.39 is 0 Å². The van der Waals surface area contributed by atoms with E-state index in [-0.39, 0.29) is 35.1 Å². The topological polar surface area (TPSA) is 29.5 Å². The third-order valence-electron chi connectivity index (χ3n) is 3.89. The molecule has 18 heavy (non-hydrogen) atoms. The van der Waals surface area contributed by atoms with Crippen LogP contribution < -0.4 is 0 Å². The molecule has 0 aromatic rings. The molecular weight excluding hydrogens is 224 g/mol. The maximum atomic E-state index is 10.6. The van der Waals surface area contributed by atoms with E-state index in [0.717, 1.165) is 6.42 Å². The van der Waals surface area contributed by atoms with Crippen molar-refractivity contribution in [3.05, 3.63) is 0 Å². The van der Waals surface area contributed by atoms with E-state index in [1.807, 2.05) is 0 Å². The van der Waals surface area contributed by atoms with Crippen LogP contribution in [-0.2, 0) is 4.74 Å². The van der Waals surface area contributed by atoms with Gasteiger partial charge in [0.2, 0.25) is 0 Å². The maximum absolute atomic E-state index is 10.6. The molecule has 0 aromatic carbocycles. The van der Waals surface area contributed by atoms with Crippen molar-refractivity contribution < 1.29 is 9.84 Å². The highest BCUT2D eigenvalue weighted by atomic mass is 16.5. The summed E-state index contributed by atoms with van der Waals surface area (Å²) in [5.74, 6) is 0.716. The largest absolute Gasteiger partial charge is 0.390 e. The Morgan fingerprint density at radius 3 is 1.89 bits per heavy atom. The molecule has 0 spiro atoms. The average molecular weight is 256 g/mol. The molecule has 1 saturated heterocycles. The van der Waals surface area contributed by atoms with Gasteiger partial charge in [-0.2, -0.15) is 0 Å². The Hall–Kier alpha value is -0.0800. The van der Waals surface area contributed by atoms with Crippen LogP contribution in [0.4, 0.5) is 0 Å². The fourth-order valence-electron chi connectivity index (χ4n) is 3.11. The fraction of sp³-hybridized carbons (Fsp3) is 1.00. The zero-order valence-electron chi connectivity index (χ0n) is 13.4. The van der Waals surface area contributed by atoms with Crippen LogP contribution in [0, 0.1) is 22.7 Å². The molecule has 1 aliphatic heterocycles. The first-order valence-corrected chi connectivity index (χ1v) is 7.27. The molecular formula is C16H32O2. The highest BCUT2D eigenvalue weighted by Gasteiger charge is 2.49. The Bertz CT molecular complexity index is 270. The van der Waals surface area contributed by atoms with Crippen molar-refractivity contribution >= 4 is 0 Å². The molecule has 2 nitrogen and oxygen atoms in total. The molecule has 1 rings (SSSR count). The predicted octanol–water partition coefficient (Wildman–Crippen LogP) is 3.87. The average Bonchev–Trinajstić information content (AvgIpc) is 2.38. The molecule has 4 unspecified atom stereocenters. The Morgan fingerprint density at radius 1 is 1.06 bits per heavy atom. The standard InChI is InChI=1S/C16H32O2/c1-10(2)12-11(9-15(3,4)5)18-14(13(12)17)16(6,7)8/h10-14,17H,9H2,1-8H3. The monoisotopic (exact) mass is 256 g/mol. The molecule has 0 saturated carbocycles. The van der Waals surface area contributed by atoms with Gasteiger partial charge in [0.05, 0.1) is 18.3 Å². The van der Waals surface area contributed by atoms with Gasteiger partial charge in [-0.3, -0.25) is 0 Å². The van der Waals surface area contributed by atoms with Crippen LogP contribution in [-0.4, -0.2) is 23.4 Å². The van der Waals surface area contributed by atoms with Crippen molar-refractivity contribution in [2.75, 3.05) is 0 Å². The molecule has 0 radical (unpaired) electrons. The first-order valence-electron chi connectivity index (χ1n) is 7.27. The third kappa shape index (κ3) is 3.71. The number of hydrogen-bond acceptors (Lipinski definition) is 2. The lowest BCUT2D eigenvalue weighted by atomic mass is 9.76. The van der Waals surface area contributed by atoms with Crippen molar-refractivity contribution in [1.82, 2.24) is 0 Å². The molecule has 1 heterocycles. The second-order valence-electron chi connectivity index (χ2n) is 8.54. The van der Waals surface area contributed by atoms with Crippen LogP contribution in [0.5, 0.6) is 0 Å². The summed E-state index contributed by atoms with van der Waals surface area (Å²) in [6, 6.07) is 0. The highest BCUT2D eigenvalue weighted by molar-refractivity contribution is 4.97. The van der Waals surface area contributed by atoms with Gasteiger partial charge < -0.3 is 9.84 Å².